The molecule has 0 fully saturated rings. The monoisotopic (exact) mass is 424 g/mol. The van der Waals surface area contributed by atoms with Crippen LogP contribution in [0.5, 0.6) is 5.75 Å². The molecule has 0 heterocycles. The van der Waals surface area contributed by atoms with Crippen LogP contribution in [-0.4, -0.2) is 36.3 Å². The van der Waals surface area contributed by atoms with Gasteiger partial charge in [0.25, 0.3) is 0 Å². The van der Waals surface area contributed by atoms with Crippen molar-refractivity contribution in [1.82, 2.24) is 5.32 Å². The first-order chi connectivity index (χ1) is 15.0. The molecule has 0 aliphatic carbocycles. The van der Waals surface area contributed by atoms with Crippen LogP contribution in [0.15, 0.2) is 61.2 Å². The van der Waals surface area contributed by atoms with Crippen molar-refractivity contribution in [3.63, 3.8) is 0 Å². The molecule has 168 valence electrons. The second-order valence-corrected chi connectivity index (χ2v) is 8.03. The summed E-state index contributed by atoms with van der Waals surface area (Å²) in [6.07, 6.45) is 5.26. The normalized spacial score (nSPS) is 12.7. The predicted molar refractivity (Wildman–Crippen MR) is 128 cm³/mol. The Balaban J connectivity index is 1.57. The van der Waals surface area contributed by atoms with Gasteiger partial charge in [-0.25, -0.2) is 0 Å². The number of nitrogens with one attached hydrogen (secondary N) is 2. The molecule has 5 heteroatoms. The second kappa shape index (κ2) is 13.6. The molecule has 2 rings (SSSR count). The molecule has 31 heavy (non-hydrogen) atoms. The van der Waals surface area contributed by atoms with Gasteiger partial charge in [0.1, 0.15) is 18.5 Å². The highest BCUT2D eigenvalue weighted by molar-refractivity contribution is 5.90. The fourth-order valence-electron chi connectivity index (χ4n) is 3.25. The molecule has 0 aliphatic rings. The molecular weight excluding hydrogens is 388 g/mol. The van der Waals surface area contributed by atoms with Crippen LogP contribution in [0.2, 0.25) is 0 Å². The number of aliphatic hydroxyl groups excluding tert-OH is 1. The number of allylic oxidation sites excluding steroid dienone is 1. The summed E-state index contributed by atoms with van der Waals surface area (Å²) in [5, 5.41) is 16.5. The molecule has 0 saturated heterocycles. The third-order valence-electron chi connectivity index (χ3n) is 5.10. The van der Waals surface area contributed by atoms with E-state index in [1.165, 1.54) is 5.56 Å². The van der Waals surface area contributed by atoms with Gasteiger partial charge in [0.2, 0.25) is 5.91 Å². The Hall–Kier alpha value is -2.63. The Kier molecular flexibility index (Phi) is 10.8. The molecule has 0 aliphatic heterocycles. The predicted octanol–water partition coefficient (Wildman–Crippen LogP) is 4.64. The number of aliphatic hydroxyl groups is 1. The lowest BCUT2D eigenvalue weighted by Crippen LogP contribution is -2.36. The van der Waals surface area contributed by atoms with Crippen molar-refractivity contribution in [2.24, 2.45) is 0 Å². The van der Waals surface area contributed by atoms with E-state index in [-0.39, 0.29) is 18.6 Å². The number of unbranched alkanes of at least 4 members (excludes halogenated alkanes) is 1. The minimum atomic E-state index is -0.584. The number of carbonyl (C=O) groups is 1. The van der Waals surface area contributed by atoms with Gasteiger partial charge in [-0.05, 0) is 56.9 Å². The first-order valence-corrected chi connectivity index (χ1v) is 11.1. The largest absolute Gasteiger partial charge is 0.491 e. The highest BCUT2D eigenvalue weighted by Gasteiger charge is 2.10. The van der Waals surface area contributed by atoms with E-state index < -0.39 is 6.10 Å². The number of amides is 1. The topological polar surface area (TPSA) is 70.6 Å². The maximum atomic E-state index is 12.0. The summed E-state index contributed by atoms with van der Waals surface area (Å²) < 4.78 is 5.78. The third kappa shape index (κ3) is 9.81. The van der Waals surface area contributed by atoms with Gasteiger partial charge in [-0.2, -0.15) is 0 Å². The van der Waals surface area contributed by atoms with Crippen molar-refractivity contribution in [1.29, 1.82) is 0 Å². The molecule has 0 radical (unpaired) electrons. The Morgan fingerprint density at radius 3 is 2.65 bits per heavy atom. The van der Waals surface area contributed by atoms with E-state index in [4.69, 9.17) is 4.74 Å². The van der Waals surface area contributed by atoms with Gasteiger partial charge in [-0.3, -0.25) is 4.79 Å². The van der Waals surface area contributed by atoms with E-state index in [0.29, 0.717) is 13.0 Å². The standard InChI is InChI=1S/C26H36N2O3/c1-4-9-22-11-6-7-12-25(22)31-19-24(29)18-27-21(3)10-5-8-13-26(30)28-23-16-14-20(2)15-17-23/h4,6-7,11-12,14-17,21,24,27,29H,1,5,8-10,13,18-19H2,2-3H3,(H,28,30). The van der Waals surface area contributed by atoms with E-state index in [1.807, 2.05) is 61.5 Å². The molecule has 3 N–H and O–H groups in total. The van der Waals surface area contributed by atoms with Gasteiger partial charge in [-0.15, -0.1) is 6.58 Å². The van der Waals surface area contributed by atoms with Gasteiger partial charge >= 0.3 is 0 Å². The summed E-state index contributed by atoms with van der Waals surface area (Å²) in [5.41, 5.74) is 3.08. The zero-order chi connectivity index (χ0) is 22.5. The number of benzene rings is 2. The maximum absolute atomic E-state index is 12.0. The quantitative estimate of drug-likeness (QED) is 0.305. The Labute approximate surface area is 186 Å². The van der Waals surface area contributed by atoms with Crippen LogP contribution in [0.25, 0.3) is 0 Å². The number of hydrogen-bond donors (Lipinski definition) is 3. The number of rotatable bonds is 14. The van der Waals surface area contributed by atoms with Crippen molar-refractivity contribution in [2.45, 2.75) is 58.1 Å². The lowest BCUT2D eigenvalue weighted by atomic mass is 10.1. The van der Waals surface area contributed by atoms with Crippen LogP contribution in [0.3, 0.4) is 0 Å². The highest BCUT2D eigenvalue weighted by Crippen LogP contribution is 2.19. The first-order valence-electron chi connectivity index (χ1n) is 11.1. The van der Waals surface area contributed by atoms with Crippen LogP contribution < -0.4 is 15.4 Å². The number of para-hydroxylation sites is 1. The summed E-state index contributed by atoms with van der Waals surface area (Å²) in [6.45, 7) is 8.60. The molecule has 2 aromatic rings. The van der Waals surface area contributed by atoms with Gasteiger partial charge in [0.15, 0.2) is 0 Å². The average Bonchev–Trinajstić information content (AvgIpc) is 2.76. The molecule has 5 nitrogen and oxygen atoms in total. The molecule has 0 bridgehead atoms. The van der Waals surface area contributed by atoms with Crippen LogP contribution in [0, 0.1) is 6.92 Å². The highest BCUT2D eigenvalue weighted by atomic mass is 16.5. The minimum absolute atomic E-state index is 0.0498. The summed E-state index contributed by atoms with van der Waals surface area (Å²) in [6, 6.07) is 15.9. The molecule has 2 unspecified atom stereocenters. The summed E-state index contributed by atoms with van der Waals surface area (Å²) >= 11 is 0. The number of aryl methyl sites for hydroxylation is 1. The van der Waals surface area contributed by atoms with E-state index in [2.05, 4.69) is 24.1 Å². The van der Waals surface area contributed by atoms with Crippen molar-refractivity contribution in [3.05, 3.63) is 72.3 Å². The minimum Gasteiger partial charge on any atom is -0.491 e. The maximum Gasteiger partial charge on any atom is 0.224 e. The van der Waals surface area contributed by atoms with Crippen molar-refractivity contribution in [3.8, 4) is 5.75 Å². The molecule has 1 amide bonds. The summed E-state index contributed by atoms with van der Waals surface area (Å²) in [7, 11) is 0. The van der Waals surface area contributed by atoms with Gasteiger partial charge in [0.05, 0.1) is 0 Å². The lowest BCUT2D eigenvalue weighted by molar-refractivity contribution is -0.116. The van der Waals surface area contributed by atoms with E-state index >= 15 is 0 Å². The molecule has 0 spiro atoms. The van der Waals surface area contributed by atoms with Crippen LogP contribution in [0.1, 0.15) is 43.7 Å². The number of hydrogen-bond acceptors (Lipinski definition) is 4. The molecular formula is C26H36N2O3. The molecule has 0 aromatic heterocycles. The Morgan fingerprint density at radius 1 is 1.16 bits per heavy atom. The Morgan fingerprint density at radius 2 is 1.90 bits per heavy atom. The van der Waals surface area contributed by atoms with Crippen LogP contribution in [0.4, 0.5) is 5.69 Å². The van der Waals surface area contributed by atoms with E-state index in [1.54, 1.807) is 0 Å². The zero-order valence-electron chi connectivity index (χ0n) is 18.8. The van der Waals surface area contributed by atoms with E-state index in [0.717, 1.165) is 42.7 Å². The average molecular weight is 425 g/mol. The first kappa shape index (κ1) is 24.6. The summed E-state index contributed by atoms with van der Waals surface area (Å²) in [4.78, 5) is 12.0. The van der Waals surface area contributed by atoms with Gasteiger partial charge < -0.3 is 20.5 Å². The van der Waals surface area contributed by atoms with Crippen molar-refractivity contribution >= 4 is 11.6 Å². The van der Waals surface area contributed by atoms with Gasteiger partial charge in [0, 0.05) is 24.7 Å². The Bertz CT molecular complexity index is 805. The number of ether oxygens (including phenoxy) is 1. The third-order valence-corrected chi connectivity index (χ3v) is 5.10. The SMILES string of the molecule is C=CCc1ccccc1OCC(O)CNC(C)CCCCC(=O)Nc1ccc(C)cc1. The number of carbonyl (C=O) groups excluding carboxylic acids is 1. The molecule has 0 saturated carbocycles. The van der Waals surface area contributed by atoms with Gasteiger partial charge in [-0.1, -0.05) is 48.4 Å². The van der Waals surface area contributed by atoms with Crippen molar-refractivity contribution in [2.75, 3.05) is 18.5 Å². The lowest BCUT2D eigenvalue weighted by Gasteiger charge is -2.18. The number of anilines is 1. The molecule has 2 atom stereocenters. The second-order valence-electron chi connectivity index (χ2n) is 8.03. The van der Waals surface area contributed by atoms with E-state index in [9.17, 15) is 9.90 Å². The van der Waals surface area contributed by atoms with Crippen molar-refractivity contribution < 1.29 is 14.6 Å². The van der Waals surface area contributed by atoms with Crippen LogP contribution in [-0.2, 0) is 11.2 Å². The smallest absolute Gasteiger partial charge is 0.224 e. The fourth-order valence-corrected chi connectivity index (χ4v) is 3.25. The van der Waals surface area contributed by atoms with Crippen LogP contribution >= 0.6 is 0 Å². The zero-order valence-corrected chi connectivity index (χ0v) is 18.8. The fraction of sp³-hybridized carbons (Fsp3) is 0.423. The summed E-state index contributed by atoms with van der Waals surface area (Å²) in [5.74, 6) is 0.840. The molecule has 2 aromatic carbocycles.